The molecule has 0 saturated heterocycles. The highest BCUT2D eigenvalue weighted by atomic mass is 16.3. The van der Waals surface area contributed by atoms with E-state index < -0.39 is 0 Å². The maximum absolute atomic E-state index is 6.33. The SMILES string of the molecule is Cc1ccc2c(oc3c2ccc2c4ccccc4ccc23)c1C. The van der Waals surface area contributed by atoms with E-state index in [4.69, 9.17) is 4.42 Å². The van der Waals surface area contributed by atoms with Gasteiger partial charge in [-0.25, -0.2) is 0 Å². The van der Waals surface area contributed by atoms with Crippen LogP contribution in [0.2, 0.25) is 0 Å². The van der Waals surface area contributed by atoms with Gasteiger partial charge in [0.2, 0.25) is 0 Å². The van der Waals surface area contributed by atoms with Crippen LogP contribution < -0.4 is 0 Å². The predicted molar refractivity (Wildman–Crippen MR) is 98.2 cm³/mol. The van der Waals surface area contributed by atoms with E-state index in [-0.39, 0.29) is 0 Å². The summed E-state index contributed by atoms with van der Waals surface area (Å²) in [5.74, 6) is 0. The zero-order valence-corrected chi connectivity index (χ0v) is 13.2. The smallest absolute Gasteiger partial charge is 0.143 e. The molecule has 23 heavy (non-hydrogen) atoms. The van der Waals surface area contributed by atoms with E-state index in [1.807, 2.05) is 0 Å². The molecule has 0 saturated carbocycles. The van der Waals surface area contributed by atoms with Gasteiger partial charge in [0.05, 0.1) is 0 Å². The van der Waals surface area contributed by atoms with Gasteiger partial charge < -0.3 is 4.42 Å². The lowest BCUT2D eigenvalue weighted by molar-refractivity contribution is 0.669. The van der Waals surface area contributed by atoms with Crippen molar-refractivity contribution in [3.8, 4) is 0 Å². The van der Waals surface area contributed by atoms with Crippen molar-refractivity contribution < 1.29 is 4.42 Å². The lowest BCUT2D eigenvalue weighted by Crippen LogP contribution is -1.79. The molecule has 0 radical (unpaired) electrons. The summed E-state index contributed by atoms with van der Waals surface area (Å²) in [7, 11) is 0. The van der Waals surface area contributed by atoms with Crippen molar-refractivity contribution in [2.75, 3.05) is 0 Å². The van der Waals surface area contributed by atoms with E-state index in [2.05, 4.69) is 74.5 Å². The van der Waals surface area contributed by atoms with Gasteiger partial charge in [-0.05, 0) is 53.3 Å². The first-order valence-electron chi connectivity index (χ1n) is 7.97. The Morgan fingerprint density at radius 2 is 1.22 bits per heavy atom. The van der Waals surface area contributed by atoms with Crippen LogP contribution in [0, 0.1) is 13.8 Å². The van der Waals surface area contributed by atoms with E-state index in [1.165, 1.54) is 43.4 Å². The molecule has 0 aliphatic rings. The molecule has 0 aliphatic heterocycles. The zero-order valence-electron chi connectivity index (χ0n) is 13.2. The second-order valence-corrected chi connectivity index (χ2v) is 6.31. The minimum absolute atomic E-state index is 0.997. The van der Waals surface area contributed by atoms with Gasteiger partial charge in [0.15, 0.2) is 0 Å². The summed E-state index contributed by atoms with van der Waals surface area (Å²) in [6.45, 7) is 4.27. The molecule has 0 amide bonds. The molecule has 0 fully saturated rings. The van der Waals surface area contributed by atoms with E-state index in [9.17, 15) is 0 Å². The monoisotopic (exact) mass is 296 g/mol. The van der Waals surface area contributed by atoms with Crippen molar-refractivity contribution in [2.24, 2.45) is 0 Å². The molecule has 0 spiro atoms. The van der Waals surface area contributed by atoms with Crippen molar-refractivity contribution >= 4 is 43.5 Å². The summed E-state index contributed by atoms with van der Waals surface area (Å²) >= 11 is 0. The van der Waals surface area contributed by atoms with Gasteiger partial charge >= 0.3 is 0 Å². The third-order valence-electron chi connectivity index (χ3n) is 5.05. The van der Waals surface area contributed by atoms with Gasteiger partial charge in [-0.3, -0.25) is 0 Å². The molecule has 0 unspecified atom stereocenters. The topological polar surface area (TPSA) is 13.1 Å². The zero-order chi connectivity index (χ0) is 15.6. The molecule has 0 bridgehead atoms. The van der Waals surface area contributed by atoms with Gasteiger partial charge in [-0.1, -0.05) is 48.5 Å². The highest BCUT2D eigenvalue weighted by molar-refractivity contribution is 6.20. The van der Waals surface area contributed by atoms with Crippen molar-refractivity contribution in [1.29, 1.82) is 0 Å². The van der Waals surface area contributed by atoms with Gasteiger partial charge in [0.25, 0.3) is 0 Å². The number of rotatable bonds is 0. The fourth-order valence-corrected chi connectivity index (χ4v) is 3.62. The van der Waals surface area contributed by atoms with Gasteiger partial charge in [-0.15, -0.1) is 0 Å². The third-order valence-corrected chi connectivity index (χ3v) is 5.05. The lowest BCUT2D eigenvalue weighted by Gasteiger charge is -2.04. The normalized spacial score (nSPS) is 11.9. The minimum atomic E-state index is 0.997. The second kappa shape index (κ2) is 4.36. The second-order valence-electron chi connectivity index (χ2n) is 6.31. The Bertz CT molecular complexity index is 1220. The average molecular weight is 296 g/mol. The van der Waals surface area contributed by atoms with Crippen LogP contribution >= 0.6 is 0 Å². The van der Waals surface area contributed by atoms with E-state index in [0.717, 1.165) is 11.2 Å². The van der Waals surface area contributed by atoms with Crippen LogP contribution in [-0.4, -0.2) is 0 Å². The van der Waals surface area contributed by atoms with Crippen LogP contribution in [0.15, 0.2) is 65.1 Å². The van der Waals surface area contributed by atoms with Gasteiger partial charge in [0, 0.05) is 16.2 Å². The fourth-order valence-electron chi connectivity index (χ4n) is 3.62. The van der Waals surface area contributed by atoms with Crippen LogP contribution in [0.25, 0.3) is 43.5 Å². The molecule has 5 aromatic rings. The molecule has 0 N–H and O–H groups in total. The third kappa shape index (κ3) is 1.62. The summed E-state index contributed by atoms with van der Waals surface area (Å²) in [4.78, 5) is 0. The standard InChI is InChI=1S/C22H16O/c1-13-7-9-19-20-12-11-17-16-6-4-3-5-15(16)8-10-18(17)22(20)23-21(19)14(13)2/h3-12H,1-2H3. The number of aryl methyl sites for hydroxylation is 2. The molecule has 4 aromatic carbocycles. The molecular formula is C22H16O. The Balaban J connectivity index is 2.04. The van der Waals surface area contributed by atoms with E-state index >= 15 is 0 Å². The molecule has 110 valence electrons. The number of hydrogen-bond acceptors (Lipinski definition) is 1. The first-order chi connectivity index (χ1) is 11.2. The van der Waals surface area contributed by atoms with Crippen LogP contribution in [0.5, 0.6) is 0 Å². The number of fused-ring (bicyclic) bond motifs is 7. The number of hydrogen-bond donors (Lipinski definition) is 0. The van der Waals surface area contributed by atoms with Crippen LogP contribution in [0.4, 0.5) is 0 Å². The highest BCUT2D eigenvalue weighted by Crippen LogP contribution is 2.38. The molecule has 1 heteroatoms. The molecule has 1 aromatic heterocycles. The van der Waals surface area contributed by atoms with Crippen LogP contribution in [-0.2, 0) is 0 Å². The van der Waals surface area contributed by atoms with Gasteiger partial charge in [0.1, 0.15) is 11.2 Å². The first kappa shape index (κ1) is 12.7. The van der Waals surface area contributed by atoms with Crippen molar-refractivity contribution in [1.82, 2.24) is 0 Å². The fraction of sp³-hybridized carbons (Fsp3) is 0.0909. The van der Waals surface area contributed by atoms with Crippen molar-refractivity contribution in [2.45, 2.75) is 13.8 Å². The number of benzene rings is 4. The molecule has 1 nitrogen and oxygen atoms in total. The van der Waals surface area contributed by atoms with E-state index in [0.29, 0.717) is 0 Å². The Labute approximate surface area is 134 Å². The summed E-state index contributed by atoms with van der Waals surface area (Å²) in [6, 6.07) is 21.7. The molecule has 0 aliphatic carbocycles. The minimum Gasteiger partial charge on any atom is -0.455 e. The summed E-state index contributed by atoms with van der Waals surface area (Å²) < 4.78 is 6.33. The lowest BCUT2D eigenvalue weighted by atomic mass is 9.99. The Kier molecular flexibility index (Phi) is 2.41. The van der Waals surface area contributed by atoms with Crippen LogP contribution in [0.3, 0.4) is 0 Å². The first-order valence-corrected chi connectivity index (χ1v) is 7.97. The van der Waals surface area contributed by atoms with Crippen LogP contribution in [0.1, 0.15) is 11.1 Å². The summed E-state index contributed by atoms with van der Waals surface area (Å²) in [5, 5.41) is 7.39. The Morgan fingerprint density at radius 1 is 0.565 bits per heavy atom. The maximum Gasteiger partial charge on any atom is 0.143 e. The Morgan fingerprint density at radius 3 is 2.13 bits per heavy atom. The largest absolute Gasteiger partial charge is 0.455 e. The molecule has 5 rings (SSSR count). The Hall–Kier alpha value is -2.80. The van der Waals surface area contributed by atoms with Crippen molar-refractivity contribution in [3.63, 3.8) is 0 Å². The van der Waals surface area contributed by atoms with Gasteiger partial charge in [-0.2, -0.15) is 0 Å². The molecule has 1 heterocycles. The quantitative estimate of drug-likeness (QED) is 0.297. The summed E-state index contributed by atoms with van der Waals surface area (Å²) in [5.41, 5.74) is 4.51. The molecular weight excluding hydrogens is 280 g/mol. The highest BCUT2D eigenvalue weighted by Gasteiger charge is 2.13. The molecule has 0 atom stereocenters. The number of furan rings is 1. The van der Waals surface area contributed by atoms with E-state index in [1.54, 1.807) is 0 Å². The van der Waals surface area contributed by atoms with Crippen molar-refractivity contribution in [3.05, 3.63) is 71.8 Å². The predicted octanol–water partition coefficient (Wildman–Crippen LogP) is 6.51. The summed E-state index contributed by atoms with van der Waals surface area (Å²) in [6.07, 6.45) is 0. The average Bonchev–Trinajstić information content (AvgIpc) is 2.97. The maximum atomic E-state index is 6.33.